The molecule has 0 saturated heterocycles. The molecule has 14 aromatic rings. The minimum atomic E-state index is 1.15. The second-order valence-corrected chi connectivity index (χ2v) is 17.9. The maximum atomic E-state index is 2.50. The minimum absolute atomic E-state index is 1.15. The van der Waals surface area contributed by atoms with Crippen LogP contribution in [0.4, 0.5) is 0 Å². The van der Waals surface area contributed by atoms with Gasteiger partial charge in [-0.2, -0.15) is 0 Å². The Balaban J connectivity index is 0.961. The van der Waals surface area contributed by atoms with Gasteiger partial charge in [0.25, 0.3) is 0 Å². The van der Waals surface area contributed by atoms with E-state index in [9.17, 15) is 0 Å². The van der Waals surface area contributed by atoms with Crippen molar-refractivity contribution in [2.45, 2.75) is 0 Å². The molecule has 0 amide bonds. The molecular weight excluding hydrogens is 795 g/mol. The quantitative estimate of drug-likeness (QED) is 0.164. The number of benzene rings is 10. The Morgan fingerprint density at radius 1 is 0.266 bits per heavy atom. The normalized spacial score (nSPS) is 12.1. The van der Waals surface area contributed by atoms with Gasteiger partial charge in [-0.1, -0.05) is 146 Å². The van der Waals surface area contributed by atoms with E-state index in [4.69, 9.17) is 0 Å². The maximum Gasteiger partial charge on any atom is 0.0555 e. The second-order valence-electron chi connectivity index (χ2n) is 16.9. The van der Waals surface area contributed by atoms with Crippen molar-refractivity contribution in [2.24, 2.45) is 0 Å². The lowest BCUT2D eigenvalue weighted by molar-refractivity contribution is 1.16. The molecule has 3 nitrogen and oxygen atoms in total. The molecule has 0 unspecified atom stereocenters. The van der Waals surface area contributed by atoms with Gasteiger partial charge in [-0.25, -0.2) is 0 Å². The highest BCUT2D eigenvalue weighted by Gasteiger charge is 2.21. The molecule has 0 radical (unpaired) electrons. The van der Waals surface area contributed by atoms with Crippen LogP contribution in [-0.4, -0.2) is 13.7 Å². The number of hydrogen-bond acceptors (Lipinski definition) is 1. The van der Waals surface area contributed by atoms with Crippen molar-refractivity contribution in [3.8, 4) is 39.3 Å². The first-order chi connectivity index (χ1) is 31.8. The number of rotatable bonds is 5. The van der Waals surface area contributed by atoms with Gasteiger partial charge in [-0.3, -0.25) is 0 Å². The Hall–Kier alpha value is -8.18. The zero-order valence-electron chi connectivity index (χ0n) is 34.6. The molecule has 10 aromatic carbocycles. The summed E-state index contributed by atoms with van der Waals surface area (Å²) in [7, 11) is 0. The molecule has 14 rings (SSSR count). The fourth-order valence-corrected chi connectivity index (χ4v) is 11.8. The van der Waals surface area contributed by atoms with E-state index >= 15 is 0 Å². The predicted molar refractivity (Wildman–Crippen MR) is 273 cm³/mol. The van der Waals surface area contributed by atoms with Gasteiger partial charge >= 0.3 is 0 Å². The molecular formula is C60H37N3S. The average molecular weight is 832 g/mol. The van der Waals surface area contributed by atoms with Crippen molar-refractivity contribution in [1.29, 1.82) is 0 Å². The maximum absolute atomic E-state index is 2.50. The summed E-state index contributed by atoms with van der Waals surface area (Å²) in [5, 5.41) is 10.1. The van der Waals surface area contributed by atoms with Gasteiger partial charge in [0.05, 0.1) is 38.8 Å². The summed E-state index contributed by atoms with van der Waals surface area (Å²) in [4.78, 5) is 0. The van der Waals surface area contributed by atoms with E-state index in [1.165, 1.54) is 114 Å². The Kier molecular flexibility index (Phi) is 7.56. The third-order valence-corrected chi connectivity index (χ3v) is 14.6. The van der Waals surface area contributed by atoms with E-state index in [1.54, 1.807) is 0 Å². The molecule has 0 N–H and O–H groups in total. The second kappa shape index (κ2) is 13.7. The summed E-state index contributed by atoms with van der Waals surface area (Å²) < 4.78 is 9.95. The number of fused-ring (bicyclic) bond motifs is 12. The standard InChI is InChI=1S/C60H37N3S/c1-2-14-38(15-3-1)39-28-30-40(31-29-39)43-20-12-26-57-59(43)60-56(25-13-27-58(60)64-57)63-53-24-11-7-19-47(53)49-37-42(33-35-55(49)63)62-52-23-10-6-18-46(52)48-36-41(32-34-54(48)62)61-50-21-8-4-16-44(50)45-17-5-9-22-51(45)61/h1-37H. The highest BCUT2D eigenvalue weighted by molar-refractivity contribution is 7.26. The summed E-state index contributed by atoms with van der Waals surface area (Å²) in [5.41, 5.74) is 15.6. The van der Waals surface area contributed by atoms with Crippen molar-refractivity contribution >= 4 is 96.9 Å². The summed E-state index contributed by atoms with van der Waals surface area (Å²) in [6.07, 6.45) is 0. The smallest absolute Gasteiger partial charge is 0.0555 e. The molecule has 0 fully saturated rings. The van der Waals surface area contributed by atoms with Gasteiger partial charge in [-0.05, 0) is 101 Å². The van der Waals surface area contributed by atoms with Gasteiger partial charge in [0, 0.05) is 63.9 Å². The van der Waals surface area contributed by atoms with E-state index in [2.05, 4.69) is 238 Å². The summed E-state index contributed by atoms with van der Waals surface area (Å²) in [6, 6.07) is 82.6. The molecule has 64 heavy (non-hydrogen) atoms. The number of thiophene rings is 1. The van der Waals surface area contributed by atoms with E-state index in [-0.39, 0.29) is 0 Å². The first-order valence-corrected chi connectivity index (χ1v) is 22.7. The van der Waals surface area contributed by atoms with Gasteiger partial charge < -0.3 is 13.7 Å². The lowest BCUT2D eigenvalue weighted by Gasteiger charge is -2.13. The monoisotopic (exact) mass is 831 g/mol. The molecule has 0 bridgehead atoms. The average Bonchev–Trinajstić information content (AvgIpc) is 4.10. The van der Waals surface area contributed by atoms with Crippen molar-refractivity contribution in [3.05, 3.63) is 224 Å². The number of nitrogens with zero attached hydrogens (tertiary/aromatic N) is 3. The van der Waals surface area contributed by atoms with Crippen LogP contribution in [-0.2, 0) is 0 Å². The van der Waals surface area contributed by atoms with Crippen LogP contribution in [0, 0.1) is 0 Å². The topological polar surface area (TPSA) is 14.8 Å². The summed E-state index contributed by atoms with van der Waals surface area (Å²) >= 11 is 1.88. The third-order valence-electron chi connectivity index (χ3n) is 13.5. The fourth-order valence-electron chi connectivity index (χ4n) is 10.7. The van der Waals surface area contributed by atoms with Gasteiger partial charge in [0.1, 0.15) is 0 Å². The van der Waals surface area contributed by atoms with Crippen molar-refractivity contribution < 1.29 is 0 Å². The number of para-hydroxylation sites is 4. The van der Waals surface area contributed by atoms with Gasteiger partial charge in [0.15, 0.2) is 0 Å². The van der Waals surface area contributed by atoms with Crippen molar-refractivity contribution in [2.75, 3.05) is 0 Å². The zero-order chi connectivity index (χ0) is 41.9. The van der Waals surface area contributed by atoms with E-state index in [1.807, 2.05) is 11.3 Å². The number of hydrogen-bond donors (Lipinski definition) is 0. The summed E-state index contributed by atoms with van der Waals surface area (Å²) in [6.45, 7) is 0. The molecule has 4 aromatic heterocycles. The highest BCUT2D eigenvalue weighted by atomic mass is 32.1. The third kappa shape index (κ3) is 5.09. The van der Waals surface area contributed by atoms with Crippen LogP contribution in [0.2, 0.25) is 0 Å². The first-order valence-electron chi connectivity index (χ1n) is 21.9. The van der Waals surface area contributed by atoms with Crippen LogP contribution in [0.3, 0.4) is 0 Å². The Morgan fingerprint density at radius 3 is 1.27 bits per heavy atom. The van der Waals surface area contributed by atoms with Crippen LogP contribution in [0.15, 0.2) is 224 Å². The fraction of sp³-hybridized carbons (Fsp3) is 0. The SMILES string of the molecule is c1ccc(-c2ccc(-c3cccc4sc5cccc(-n6c7ccccc7c7cc(-n8c9ccccc9c9cc(-n%10c%11ccccc%11c%11ccccc%11%10)ccc98)ccc76)c5c34)cc2)cc1. The van der Waals surface area contributed by atoms with Crippen LogP contribution >= 0.6 is 11.3 Å². The largest absolute Gasteiger partial charge is 0.309 e. The highest BCUT2D eigenvalue weighted by Crippen LogP contribution is 2.45. The van der Waals surface area contributed by atoms with Crippen molar-refractivity contribution in [3.63, 3.8) is 0 Å². The molecule has 0 aliphatic rings. The number of aromatic nitrogens is 3. The molecule has 0 saturated carbocycles. The molecule has 0 atom stereocenters. The summed E-state index contributed by atoms with van der Waals surface area (Å²) in [5.74, 6) is 0. The predicted octanol–water partition coefficient (Wildman–Crippen LogP) is 16.7. The van der Waals surface area contributed by atoms with Gasteiger partial charge in [-0.15, -0.1) is 11.3 Å². The lowest BCUT2D eigenvalue weighted by atomic mass is 9.96. The van der Waals surface area contributed by atoms with E-state index in [0.29, 0.717) is 0 Å². The Labute approximate surface area is 372 Å². The van der Waals surface area contributed by atoms with Crippen LogP contribution in [0.1, 0.15) is 0 Å². The van der Waals surface area contributed by atoms with Crippen LogP contribution < -0.4 is 0 Å². The molecule has 0 aliphatic heterocycles. The molecule has 4 heterocycles. The molecule has 298 valence electrons. The minimum Gasteiger partial charge on any atom is -0.309 e. The zero-order valence-corrected chi connectivity index (χ0v) is 35.4. The van der Waals surface area contributed by atoms with Crippen LogP contribution in [0.5, 0.6) is 0 Å². The Bertz CT molecular complexity index is 4130. The Morgan fingerprint density at radius 2 is 0.688 bits per heavy atom. The molecule has 4 heteroatoms. The van der Waals surface area contributed by atoms with E-state index in [0.717, 1.165) is 11.4 Å². The lowest BCUT2D eigenvalue weighted by Crippen LogP contribution is -1.97. The molecule has 0 spiro atoms. The molecule has 0 aliphatic carbocycles. The first kappa shape index (κ1) is 35.4. The van der Waals surface area contributed by atoms with Crippen LogP contribution in [0.25, 0.3) is 125 Å². The van der Waals surface area contributed by atoms with Gasteiger partial charge in [0.2, 0.25) is 0 Å². The van der Waals surface area contributed by atoms with Crippen molar-refractivity contribution in [1.82, 2.24) is 13.7 Å². The van der Waals surface area contributed by atoms with E-state index < -0.39 is 0 Å².